The summed E-state index contributed by atoms with van der Waals surface area (Å²) in [7, 11) is 0. The smallest absolute Gasteiger partial charge is 0.338 e. The molecule has 1 aliphatic carbocycles. The molecule has 1 unspecified atom stereocenters. The summed E-state index contributed by atoms with van der Waals surface area (Å²) in [5.41, 5.74) is -0.601. The minimum atomic E-state index is -1.35. The maximum Gasteiger partial charge on any atom is 0.338 e. The Labute approximate surface area is 165 Å². The molecule has 1 saturated carbocycles. The number of carbonyl (C=O) groups excluding carboxylic acids is 1. The average Bonchev–Trinajstić information content (AvgIpc) is 2.63. The van der Waals surface area contributed by atoms with Gasteiger partial charge in [0.1, 0.15) is 0 Å². The Bertz CT molecular complexity index is 713. The zero-order valence-electron chi connectivity index (χ0n) is 16.8. The average molecular weight is 394 g/mol. The standard InChI is InChI=1S/C21H31FN2O4/c1-13(25)11-15-9-10-16(20(27)28)17(22)18(15)24-21(2,3)12-23-19(26)14-7-5-4-6-8-14/h9-10,13-14,24-25H,4-8,11-12H2,1-3H3,(H,23,26)(H,27,28). The Morgan fingerprint density at radius 2 is 1.89 bits per heavy atom. The Morgan fingerprint density at radius 3 is 2.46 bits per heavy atom. The molecule has 1 aliphatic rings. The number of carboxylic acids is 1. The van der Waals surface area contributed by atoms with Gasteiger partial charge in [0.05, 0.1) is 17.4 Å². The van der Waals surface area contributed by atoms with Gasteiger partial charge in [-0.1, -0.05) is 25.3 Å². The second-order valence-electron chi connectivity index (χ2n) is 8.38. The molecular formula is C21H31FN2O4. The van der Waals surface area contributed by atoms with Crippen molar-refractivity contribution in [2.45, 2.75) is 70.9 Å². The van der Waals surface area contributed by atoms with E-state index in [0.717, 1.165) is 25.7 Å². The van der Waals surface area contributed by atoms with E-state index in [4.69, 9.17) is 0 Å². The molecule has 7 heteroatoms. The molecule has 6 nitrogen and oxygen atoms in total. The quantitative estimate of drug-likeness (QED) is 0.542. The van der Waals surface area contributed by atoms with E-state index in [-0.39, 0.29) is 30.5 Å². The lowest BCUT2D eigenvalue weighted by Crippen LogP contribution is -2.46. The van der Waals surface area contributed by atoms with Crippen molar-refractivity contribution < 1.29 is 24.2 Å². The third kappa shape index (κ3) is 5.92. The van der Waals surface area contributed by atoms with Gasteiger partial charge in [-0.15, -0.1) is 0 Å². The van der Waals surface area contributed by atoms with Gasteiger partial charge in [-0.25, -0.2) is 9.18 Å². The van der Waals surface area contributed by atoms with Crippen molar-refractivity contribution in [1.82, 2.24) is 5.32 Å². The number of carbonyl (C=O) groups is 2. The molecule has 0 radical (unpaired) electrons. The minimum Gasteiger partial charge on any atom is -0.478 e. The van der Waals surface area contributed by atoms with Gasteiger partial charge in [-0.2, -0.15) is 0 Å². The van der Waals surface area contributed by atoms with Gasteiger partial charge in [-0.3, -0.25) is 4.79 Å². The number of amides is 1. The normalized spacial score (nSPS) is 16.5. The summed E-state index contributed by atoms with van der Waals surface area (Å²) in [5.74, 6) is -2.18. The summed E-state index contributed by atoms with van der Waals surface area (Å²) in [6, 6.07) is 2.72. The first-order valence-electron chi connectivity index (χ1n) is 9.89. The molecular weight excluding hydrogens is 363 g/mol. The van der Waals surface area contributed by atoms with Gasteiger partial charge >= 0.3 is 5.97 Å². The molecule has 1 fully saturated rings. The van der Waals surface area contributed by atoms with E-state index in [1.807, 2.05) is 13.8 Å². The first-order chi connectivity index (χ1) is 13.1. The number of aromatic carboxylic acids is 1. The Kier molecular flexibility index (Phi) is 7.41. The summed E-state index contributed by atoms with van der Waals surface area (Å²) < 4.78 is 14.8. The van der Waals surface area contributed by atoms with Crippen molar-refractivity contribution in [2.24, 2.45) is 5.92 Å². The van der Waals surface area contributed by atoms with Gasteiger partial charge in [0.2, 0.25) is 5.91 Å². The molecule has 0 bridgehead atoms. The van der Waals surface area contributed by atoms with E-state index >= 15 is 0 Å². The number of halogens is 1. The van der Waals surface area contributed by atoms with Crippen LogP contribution in [0.3, 0.4) is 0 Å². The maximum absolute atomic E-state index is 14.8. The number of hydrogen-bond acceptors (Lipinski definition) is 4. The first kappa shape index (κ1) is 22.1. The second kappa shape index (κ2) is 9.37. The Morgan fingerprint density at radius 1 is 1.25 bits per heavy atom. The number of aliphatic hydroxyl groups excluding tert-OH is 1. The minimum absolute atomic E-state index is 0.0125. The van der Waals surface area contributed by atoms with Crippen LogP contribution >= 0.6 is 0 Å². The van der Waals surface area contributed by atoms with Crippen LogP contribution in [0.4, 0.5) is 10.1 Å². The van der Waals surface area contributed by atoms with Crippen molar-refractivity contribution in [1.29, 1.82) is 0 Å². The number of nitrogens with one attached hydrogen (secondary N) is 2. The van der Waals surface area contributed by atoms with E-state index in [2.05, 4.69) is 10.6 Å². The summed E-state index contributed by atoms with van der Waals surface area (Å²) in [6.45, 7) is 5.48. The van der Waals surface area contributed by atoms with Crippen LogP contribution in [0.2, 0.25) is 0 Å². The zero-order chi connectivity index (χ0) is 20.9. The summed E-state index contributed by atoms with van der Waals surface area (Å²) in [6.07, 6.45) is 4.57. The van der Waals surface area contributed by atoms with Crippen molar-refractivity contribution in [2.75, 3.05) is 11.9 Å². The highest BCUT2D eigenvalue weighted by atomic mass is 19.1. The van der Waals surface area contributed by atoms with Gasteiger partial charge < -0.3 is 20.8 Å². The fourth-order valence-electron chi connectivity index (χ4n) is 3.60. The highest BCUT2D eigenvalue weighted by molar-refractivity contribution is 5.89. The third-order valence-corrected chi connectivity index (χ3v) is 5.12. The molecule has 0 aliphatic heterocycles. The number of hydrogen-bond donors (Lipinski definition) is 4. The van der Waals surface area contributed by atoms with Crippen LogP contribution < -0.4 is 10.6 Å². The van der Waals surface area contributed by atoms with E-state index in [1.54, 1.807) is 6.92 Å². The zero-order valence-corrected chi connectivity index (χ0v) is 16.8. The lowest BCUT2D eigenvalue weighted by atomic mass is 9.88. The van der Waals surface area contributed by atoms with E-state index in [0.29, 0.717) is 5.56 Å². The van der Waals surface area contributed by atoms with Crippen LogP contribution in [0.5, 0.6) is 0 Å². The number of carboxylic acid groups (broad SMARTS) is 1. The van der Waals surface area contributed by atoms with Crippen molar-refractivity contribution in [3.05, 3.63) is 29.1 Å². The predicted octanol–water partition coefficient (Wildman–Crippen LogP) is 3.33. The second-order valence-corrected chi connectivity index (χ2v) is 8.38. The Balaban J connectivity index is 2.15. The largest absolute Gasteiger partial charge is 0.478 e. The van der Waals surface area contributed by atoms with Crippen LogP contribution in [0.15, 0.2) is 12.1 Å². The van der Waals surface area contributed by atoms with Crippen LogP contribution in [0, 0.1) is 11.7 Å². The summed E-state index contributed by atoms with van der Waals surface area (Å²) >= 11 is 0. The molecule has 28 heavy (non-hydrogen) atoms. The van der Waals surface area contributed by atoms with Crippen LogP contribution in [0.1, 0.15) is 68.8 Å². The van der Waals surface area contributed by atoms with Crippen molar-refractivity contribution in [3.63, 3.8) is 0 Å². The lowest BCUT2D eigenvalue weighted by Gasteiger charge is -2.31. The molecule has 0 spiro atoms. The topological polar surface area (TPSA) is 98.7 Å². The van der Waals surface area contributed by atoms with E-state index in [9.17, 15) is 24.2 Å². The van der Waals surface area contributed by atoms with Crippen molar-refractivity contribution >= 4 is 17.6 Å². The maximum atomic E-state index is 14.8. The Hall–Kier alpha value is -2.15. The molecule has 4 N–H and O–H groups in total. The van der Waals surface area contributed by atoms with Gasteiger partial charge in [0.25, 0.3) is 0 Å². The first-order valence-corrected chi connectivity index (χ1v) is 9.89. The molecule has 2 rings (SSSR count). The highest BCUT2D eigenvalue weighted by Gasteiger charge is 2.27. The van der Waals surface area contributed by atoms with Crippen LogP contribution in [-0.4, -0.2) is 40.3 Å². The van der Waals surface area contributed by atoms with Gasteiger partial charge in [0, 0.05) is 24.4 Å². The molecule has 0 aromatic heterocycles. The van der Waals surface area contributed by atoms with Gasteiger partial charge in [-0.05, 0) is 45.2 Å². The highest BCUT2D eigenvalue weighted by Crippen LogP contribution is 2.28. The SMILES string of the molecule is CC(O)Cc1ccc(C(=O)O)c(F)c1NC(C)(C)CNC(=O)C1CCCCC1. The molecule has 0 heterocycles. The van der Waals surface area contributed by atoms with Gasteiger partial charge in [0.15, 0.2) is 5.82 Å². The van der Waals surface area contributed by atoms with E-state index < -0.39 is 29.0 Å². The molecule has 1 amide bonds. The number of benzene rings is 1. The van der Waals surface area contributed by atoms with Crippen LogP contribution in [0.25, 0.3) is 0 Å². The predicted molar refractivity (Wildman–Crippen MR) is 106 cm³/mol. The molecule has 1 aromatic rings. The number of anilines is 1. The fraction of sp³-hybridized carbons (Fsp3) is 0.619. The number of rotatable bonds is 8. The monoisotopic (exact) mass is 394 g/mol. The van der Waals surface area contributed by atoms with Crippen LogP contribution in [-0.2, 0) is 11.2 Å². The summed E-state index contributed by atoms with van der Waals surface area (Å²) in [4.78, 5) is 23.7. The van der Waals surface area contributed by atoms with E-state index in [1.165, 1.54) is 18.6 Å². The fourth-order valence-corrected chi connectivity index (χ4v) is 3.60. The molecule has 1 atom stereocenters. The van der Waals surface area contributed by atoms with Crippen molar-refractivity contribution in [3.8, 4) is 0 Å². The number of aliphatic hydroxyl groups is 1. The summed E-state index contributed by atoms with van der Waals surface area (Å²) in [5, 5.41) is 24.9. The third-order valence-electron chi connectivity index (χ3n) is 5.12. The molecule has 156 valence electrons. The lowest BCUT2D eigenvalue weighted by molar-refractivity contribution is -0.126. The molecule has 0 saturated heterocycles. The molecule has 1 aromatic carbocycles.